The fourth-order valence-corrected chi connectivity index (χ4v) is 1.73. The van der Waals surface area contributed by atoms with E-state index < -0.39 is 0 Å². The van der Waals surface area contributed by atoms with Gasteiger partial charge >= 0.3 is 0 Å². The Balaban J connectivity index is 2.42. The molecule has 82 valence electrons. The highest BCUT2D eigenvalue weighted by atomic mass is 35.5. The summed E-state index contributed by atoms with van der Waals surface area (Å²) in [6.45, 7) is 1.48. The molecule has 2 N–H and O–H groups in total. The molecule has 0 atom stereocenters. The van der Waals surface area contributed by atoms with Gasteiger partial charge in [-0.1, -0.05) is 11.6 Å². The van der Waals surface area contributed by atoms with Crippen molar-refractivity contribution in [3.05, 3.63) is 22.7 Å². The SMILES string of the molecule is ONCc1c(Cl)ccc2c1OCCCO2. The predicted molar refractivity (Wildman–Crippen MR) is 55.7 cm³/mol. The van der Waals surface area contributed by atoms with Gasteiger partial charge in [-0.3, -0.25) is 0 Å². The second-order valence-corrected chi connectivity index (χ2v) is 3.65. The van der Waals surface area contributed by atoms with Crippen molar-refractivity contribution in [2.75, 3.05) is 13.2 Å². The first-order valence-electron chi connectivity index (χ1n) is 4.77. The molecular formula is C10H12ClNO3. The summed E-state index contributed by atoms with van der Waals surface area (Å²) in [5, 5.41) is 9.27. The molecule has 0 amide bonds. The first-order chi connectivity index (χ1) is 7.33. The zero-order valence-corrected chi connectivity index (χ0v) is 8.88. The van der Waals surface area contributed by atoms with Crippen molar-refractivity contribution < 1.29 is 14.7 Å². The number of halogens is 1. The van der Waals surface area contributed by atoms with E-state index in [0.29, 0.717) is 29.7 Å². The van der Waals surface area contributed by atoms with E-state index in [4.69, 9.17) is 26.3 Å². The van der Waals surface area contributed by atoms with Crippen molar-refractivity contribution in [1.29, 1.82) is 0 Å². The maximum atomic E-state index is 8.71. The zero-order valence-electron chi connectivity index (χ0n) is 8.12. The molecule has 4 nitrogen and oxygen atoms in total. The van der Waals surface area contributed by atoms with E-state index in [1.165, 1.54) is 0 Å². The van der Waals surface area contributed by atoms with Gasteiger partial charge in [0, 0.05) is 17.0 Å². The summed E-state index contributed by atoms with van der Waals surface area (Å²) < 4.78 is 11.0. The van der Waals surface area contributed by atoms with Crippen LogP contribution in [0.5, 0.6) is 11.5 Å². The molecule has 0 unspecified atom stereocenters. The molecule has 2 rings (SSSR count). The van der Waals surface area contributed by atoms with Crippen molar-refractivity contribution in [1.82, 2.24) is 5.48 Å². The van der Waals surface area contributed by atoms with E-state index in [2.05, 4.69) is 5.48 Å². The third-order valence-electron chi connectivity index (χ3n) is 2.22. The Morgan fingerprint density at radius 3 is 2.93 bits per heavy atom. The first kappa shape index (κ1) is 10.5. The first-order valence-corrected chi connectivity index (χ1v) is 5.14. The van der Waals surface area contributed by atoms with Crippen LogP contribution in [0.25, 0.3) is 0 Å². The van der Waals surface area contributed by atoms with Crippen LogP contribution in [0.15, 0.2) is 12.1 Å². The average Bonchev–Trinajstić information content (AvgIpc) is 2.47. The van der Waals surface area contributed by atoms with Crippen LogP contribution in [0.3, 0.4) is 0 Å². The maximum Gasteiger partial charge on any atom is 0.167 e. The highest BCUT2D eigenvalue weighted by Crippen LogP contribution is 2.37. The Bertz CT molecular complexity index is 357. The molecule has 1 aromatic carbocycles. The molecule has 0 bridgehead atoms. The summed E-state index contributed by atoms with van der Waals surface area (Å²) in [7, 11) is 0. The summed E-state index contributed by atoms with van der Waals surface area (Å²) in [5.74, 6) is 1.31. The number of hydroxylamine groups is 1. The van der Waals surface area contributed by atoms with E-state index >= 15 is 0 Å². The molecule has 0 spiro atoms. The van der Waals surface area contributed by atoms with E-state index in [9.17, 15) is 0 Å². The lowest BCUT2D eigenvalue weighted by Gasteiger charge is -2.13. The number of benzene rings is 1. The van der Waals surface area contributed by atoms with Gasteiger partial charge in [0.05, 0.1) is 19.8 Å². The Morgan fingerprint density at radius 2 is 2.13 bits per heavy atom. The van der Waals surface area contributed by atoms with Crippen molar-refractivity contribution in [2.24, 2.45) is 0 Å². The molecule has 1 aromatic rings. The molecule has 15 heavy (non-hydrogen) atoms. The standard InChI is InChI=1S/C10H12ClNO3/c11-8-2-3-9-10(7(8)6-12-13)15-5-1-4-14-9/h2-3,12-13H,1,4-6H2. The molecule has 0 saturated heterocycles. The lowest BCUT2D eigenvalue weighted by Crippen LogP contribution is -2.09. The van der Waals surface area contributed by atoms with E-state index in [1.54, 1.807) is 12.1 Å². The van der Waals surface area contributed by atoms with Crippen molar-refractivity contribution in [3.8, 4) is 11.5 Å². The molecule has 1 aliphatic rings. The summed E-state index contributed by atoms with van der Waals surface area (Å²) in [6.07, 6.45) is 0.846. The molecule has 0 fully saturated rings. The van der Waals surface area contributed by atoms with Gasteiger partial charge in [-0.15, -0.1) is 0 Å². The van der Waals surface area contributed by atoms with Gasteiger partial charge in [0.2, 0.25) is 0 Å². The minimum absolute atomic E-state index is 0.241. The van der Waals surface area contributed by atoms with Gasteiger partial charge < -0.3 is 14.7 Å². The third kappa shape index (κ3) is 2.17. The van der Waals surface area contributed by atoms with Crippen LogP contribution in [-0.4, -0.2) is 18.4 Å². The van der Waals surface area contributed by atoms with Crippen LogP contribution < -0.4 is 15.0 Å². The Kier molecular flexibility index (Phi) is 3.30. The quantitative estimate of drug-likeness (QED) is 0.762. The summed E-state index contributed by atoms with van der Waals surface area (Å²) >= 11 is 6.01. The highest BCUT2D eigenvalue weighted by Gasteiger charge is 2.17. The predicted octanol–water partition coefficient (Wildman–Crippen LogP) is 1.98. The minimum Gasteiger partial charge on any atom is -0.490 e. The highest BCUT2D eigenvalue weighted by molar-refractivity contribution is 6.31. The van der Waals surface area contributed by atoms with Crippen LogP contribution in [0.4, 0.5) is 0 Å². The third-order valence-corrected chi connectivity index (χ3v) is 2.57. The van der Waals surface area contributed by atoms with Crippen LogP contribution in [0, 0.1) is 0 Å². The van der Waals surface area contributed by atoms with Gasteiger partial charge in [0.1, 0.15) is 0 Å². The Labute approximate surface area is 92.7 Å². The van der Waals surface area contributed by atoms with Gasteiger partial charge in [0.15, 0.2) is 11.5 Å². The molecular weight excluding hydrogens is 218 g/mol. The van der Waals surface area contributed by atoms with Crippen molar-refractivity contribution in [2.45, 2.75) is 13.0 Å². The normalized spacial score (nSPS) is 14.8. The number of hydrogen-bond acceptors (Lipinski definition) is 4. The van der Waals surface area contributed by atoms with E-state index in [1.807, 2.05) is 0 Å². The molecule has 0 radical (unpaired) electrons. The zero-order chi connectivity index (χ0) is 10.7. The van der Waals surface area contributed by atoms with Gasteiger partial charge in [0.25, 0.3) is 0 Å². The van der Waals surface area contributed by atoms with Crippen molar-refractivity contribution in [3.63, 3.8) is 0 Å². The van der Waals surface area contributed by atoms with Gasteiger partial charge in [-0.05, 0) is 12.1 Å². The second kappa shape index (κ2) is 4.70. The number of rotatable bonds is 2. The smallest absolute Gasteiger partial charge is 0.167 e. The fourth-order valence-electron chi connectivity index (χ4n) is 1.51. The van der Waals surface area contributed by atoms with Crippen LogP contribution in [-0.2, 0) is 6.54 Å². The summed E-state index contributed by atoms with van der Waals surface area (Å²) in [4.78, 5) is 0. The number of ether oxygens (including phenoxy) is 2. The second-order valence-electron chi connectivity index (χ2n) is 3.24. The fraction of sp³-hybridized carbons (Fsp3) is 0.400. The topological polar surface area (TPSA) is 50.7 Å². The largest absolute Gasteiger partial charge is 0.490 e. The lowest BCUT2D eigenvalue weighted by atomic mass is 10.2. The van der Waals surface area contributed by atoms with Gasteiger partial charge in [-0.25, -0.2) is 5.48 Å². The van der Waals surface area contributed by atoms with Crippen LogP contribution in [0.1, 0.15) is 12.0 Å². The summed E-state index contributed by atoms with van der Waals surface area (Å²) in [5.41, 5.74) is 2.80. The monoisotopic (exact) mass is 229 g/mol. The number of fused-ring (bicyclic) bond motifs is 1. The average molecular weight is 230 g/mol. The lowest BCUT2D eigenvalue weighted by molar-refractivity contribution is 0.159. The molecule has 5 heteroatoms. The van der Waals surface area contributed by atoms with Crippen molar-refractivity contribution >= 4 is 11.6 Å². The number of nitrogens with one attached hydrogen (secondary N) is 1. The summed E-state index contributed by atoms with van der Waals surface area (Å²) in [6, 6.07) is 3.52. The van der Waals surface area contributed by atoms with Crippen LogP contribution >= 0.6 is 11.6 Å². The molecule has 0 saturated carbocycles. The van der Waals surface area contributed by atoms with E-state index in [0.717, 1.165) is 12.0 Å². The minimum atomic E-state index is 0.241. The van der Waals surface area contributed by atoms with Gasteiger partial charge in [-0.2, -0.15) is 0 Å². The number of hydrogen-bond donors (Lipinski definition) is 2. The molecule has 1 aliphatic heterocycles. The molecule has 1 heterocycles. The Hall–Kier alpha value is -0.970. The Morgan fingerprint density at radius 1 is 1.33 bits per heavy atom. The molecule has 0 aliphatic carbocycles. The maximum absolute atomic E-state index is 8.71. The van der Waals surface area contributed by atoms with Crippen LogP contribution in [0.2, 0.25) is 5.02 Å². The van der Waals surface area contributed by atoms with E-state index in [-0.39, 0.29) is 6.54 Å². The molecule has 0 aromatic heterocycles.